The van der Waals surface area contributed by atoms with Crippen molar-refractivity contribution in [3.8, 4) is 0 Å². The van der Waals surface area contributed by atoms with Crippen LogP contribution in [0.1, 0.15) is 21.5 Å². The summed E-state index contributed by atoms with van der Waals surface area (Å²) in [6.07, 6.45) is -9.35. The van der Waals surface area contributed by atoms with Crippen LogP contribution in [0.25, 0.3) is 0 Å². The van der Waals surface area contributed by atoms with Crippen molar-refractivity contribution in [2.75, 3.05) is 5.32 Å². The molecule has 1 N–H and O–H groups in total. The van der Waals surface area contributed by atoms with Gasteiger partial charge in [0.25, 0.3) is 11.1 Å². The lowest BCUT2D eigenvalue weighted by Crippen LogP contribution is -2.29. The quantitative estimate of drug-likeness (QED) is 0.364. The number of nitrogens with zero attached hydrogens (tertiary/aromatic N) is 1. The van der Waals surface area contributed by atoms with Crippen molar-refractivity contribution in [2.24, 2.45) is 0 Å². The molecule has 0 atom stereocenters. The monoisotopic (exact) mass is 384 g/mol. The largest absolute Gasteiger partial charge is 0.618 e. The van der Waals surface area contributed by atoms with E-state index in [1.807, 2.05) is 5.32 Å². The van der Waals surface area contributed by atoms with E-state index in [9.17, 15) is 36.3 Å². The number of anilines is 1. The Morgan fingerprint density at radius 1 is 1.00 bits per heavy atom. The van der Waals surface area contributed by atoms with Crippen molar-refractivity contribution in [2.45, 2.75) is 12.4 Å². The maximum Gasteiger partial charge on any atom is 0.416 e. The summed E-state index contributed by atoms with van der Waals surface area (Å²) in [6.45, 7) is 0. The molecule has 1 aromatic carbocycles. The molecule has 0 saturated carbocycles. The van der Waals surface area contributed by atoms with Gasteiger partial charge in [0, 0.05) is 11.8 Å². The standard InChI is InChI=1S/C14H7ClF6N2O2/c15-11-2-1-7(6-23(11)25)12(24)22-10-4-8(13(16,17)18)3-9(5-10)14(19,20)21/h1-6H,(H,22,24). The van der Waals surface area contributed by atoms with Gasteiger partial charge >= 0.3 is 12.4 Å². The highest BCUT2D eigenvalue weighted by Crippen LogP contribution is 2.37. The number of amides is 1. The maximum absolute atomic E-state index is 12.8. The fourth-order valence-corrected chi connectivity index (χ4v) is 1.94. The normalized spacial score (nSPS) is 12.1. The minimum absolute atomic E-state index is 0.0659. The number of halogens is 7. The van der Waals surface area contributed by atoms with Crippen LogP contribution in [-0.4, -0.2) is 5.91 Å². The molecule has 0 aliphatic carbocycles. The van der Waals surface area contributed by atoms with E-state index in [1.54, 1.807) is 0 Å². The highest BCUT2D eigenvalue weighted by molar-refractivity contribution is 6.28. The molecule has 0 saturated heterocycles. The number of carbonyl (C=O) groups excluding carboxylic acids is 1. The van der Waals surface area contributed by atoms with E-state index in [-0.39, 0.29) is 21.5 Å². The van der Waals surface area contributed by atoms with Crippen molar-refractivity contribution >= 4 is 23.2 Å². The van der Waals surface area contributed by atoms with E-state index in [2.05, 4.69) is 0 Å². The van der Waals surface area contributed by atoms with Crippen LogP contribution in [0.2, 0.25) is 5.15 Å². The Bertz CT molecular complexity index is 788. The summed E-state index contributed by atoms with van der Waals surface area (Å²) in [6, 6.07) is 2.78. The number of aromatic nitrogens is 1. The predicted molar refractivity (Wildman–Crippen MR) is 74.8 cm³/mol. The van der Waals surface area contributed by atoms with Gasteiger partial charge in [-0.2, -0.15) is 31.1 Å². The molecule has 0 spiro atoms. The molecule has 25 heavy (non-hydrogen) atoms. The van der Waals surface area contributed by atoms with Gasteiger partial charge < -0.3 is 10.5 Å². The number of carbonyl (C=O) groups is 1. The summed E-state index contributed by atoms with van der Waals surface area (Å²) in [4.78, 5) is 11.9. The van der Waals surface area contributed by atoms with Crippen molar-refractivity contribution in [1.82, 2.24) is 0 Å². The van der Waals surface area contributed by atoms with Crippen molar-refractivity contribution < 1.29 is 35.9 Å². The number of pyridine rings is 1. The third-order valence-corrected chi connectivity index (χ3v) is 3.27. The maximum atomic E-state index is 12.8. The lowest BCUT2D eigenvalue weighted by molar-refractivity contribution is -0.603. The first kappa shape index (κ1) is 18.8. The molecular formula is C14H7ClF6N2O2. The second-order valence-electron chi connectivity index (χ2n) is 4.81. The smallest absolute Gasteiger partial charge is 0.416 e. The van der Waals surface area contributed by atoms with Crippen molar-refractivity contribution in [3.05, 3.63) is 63.6 Å². The van der Waals surface area contributed by atoms with Crippen LogP contribution in [0.15, 0.2) is 36.5 Å². The number of benzene rings is 1. The molecule has 2 aromatic rings. The van der Waals surface area contributed by atoms with E-state index in [0.29, 0.717) is 12.1 Å². The second-order valence-corrected chi connectivity index (χ2v) is 5.20. The SMILES string of the molecule is O=C(Nc1cc(C(F)(F)F)cc(C(F)(F)F)c1)c1ccc(Cl)[n+]([O-])c1. The molecule has 11 heteroatoms. The highest BCUT2D eigenvalue weighted by Gasteiger charge is 2.37. The minimum atomic E-state index is -5.04. The van der Waals surface area contributed by atoms with Gasteiger partial charge in [0.1, 0.15) is 5.56 Å². The summed E-state index contributed by atoms with van der Waals surface area (Å²) in [7, 11) is 0. The Kier molecular flexibility index (Phi) is 4.85. The fourth-order valence-electron chi connectivity index (χ4n) is 1.83. The van der Waals surface area contributed by atoms with Crippen molar-refractivity contribution in [1.29, 1.82) is 0 Å². The third kappa shape index (κ3) is 4.53. The summed E-state index contributed by atoms with van der Waals surface area (Å²) >= 11 is 5.46. The topological polar surface area (TPSA) is 56.0 Å². The van der Waals surface area contributed by atoms with Gasteiger partial charge in [-0.1, -0.05) is 0 Å². The fraction of sp³-hybridized carbons (Fsp3) is 0.143. The van der Waals surface area contributed by atoms with Crippen LogP contribution in [0.5, 0.6) is 0 Å². The predicted octanol–water partition coefficient (Wildman–Crippen LogP) is 4.26. The number of nitrogens with one attached hydrogen (secondary N) is 1. The molecule has 2 rings (SSSR count). The molecule has 0 aliphatic rings. The van der Waals surface area contributed by atoms with Gasteiger partial charge in [-0.3, -0.25) is 4.79 Å². The Morgan fingerprint density at radius 2 is 1.52 bits per heavy atom. The number of rotatable bonds is 2. The van der Waals surface area contributed by atoms with Gasteiger partial charge in [-0.05, 0) is 35.9 Å². The lowest BCUT2D eigenvalue weighted by Gasteiger charge is -2.14. The molecule has 0 aliphatic heterocycles. The molecular weight excluding hydrogens is 378 g/mol. The Morgan fingerprint density at radius 3 is 1.96 bits per heavy atom. The molecule has 4 nitrogen and oxygen atoms in total. The Labute approximate surface area is 141 Å². The van der Waals surface area contributed by atoms with Crippen LogP contribution < -0.4 is 10.0 Å². The second kappa shape index (κ2) is 6.43. The van der Waals surface area contributed by atoms with Crippen molar-refractivity contribution in [3.63, 3.8) is 0 Å². The molecule has 1 aromatic heterocycles. The van der Waals surface area contributed by atoms with E-state index < -0.39 is 35.1 Å². The number of hydrogen-bond acceptors (Lipinski definition) is 2. The molecule has 1 amide bonds. The zero-order valence-electron chi connectivity index (χ0n) is 11.9. The Hall–Kier alpha value is -2.49. The zero-order valence-corrected chi connectivity index (χ0v) is 12.6. The summed E-state index contributed by atoms with van der Waals surface area (Å²) in [5.41, 5.74) is -4.18. The molecule has 134 valence electrons. The first-order chi connectivity index (χ1) is 11.4. The average molecular weight is 385 g/mol. The van der Waals surface area contributed by atoms with Crippen LogP contribution in [0.3, 0.4) is 0 Å². The zero-order chi connectivity index (χ0) is 19.0. The first-order valence-electron chi connectivity index (χ1n) is 6.37. The molecule has 0 unspecified atom stereocenters. The lowest BCUT2D eigenvalue weighted by atomic mass is 10.1. The molecule has 0 fully saturated rings. The summed E-state index contributed by atoms with van der Waals surface area (Å²) in [5, 5.41) is 12.9. The number of hydrogen-bond donors (Lipinski definition) is 1. The van der Waals surface area contributed by atoms with E-state index in [0.717, 1.165) is 18.3 Å². The van der Waals surface area contributed by atoms with Gasteiger partial charge in [0.05, 0.1) is 11.1 Å². The highest BCUT2D eigenvalue weighted by atomic mass is 35.5. The van der Waals surface area contributed by atoms with E-state index in [4.69, 9.17) is 11.6 Å². The third-order valence-electron chi connectivity index (χ3n) is 2.98. The van der Waals surface area contributed by atoms with Gasteiger partial charge in [-0.15, -0.1) is 0 Å². The number of alkyl halides is 6. The molecule has 0 radical (unpaired) electrons. The average Bonchev–Trinajstić information content (AvgIpc) is 2.48. The Balaban J connectivity index is 2.41. The molecule has 1 heterocycles. The summed E-state index contributed by atoms with van der Waals surface area (Å²) in [5.74, 6) is -1.08. The van der Waals surface area contributed by atoms with Crippen LogP contribution in [-0.2, 0) is 12.4 Å². The van der Waals surface area contributed by atoms with E-state index in [1.165, 1.54) is 0 Å². The molecule has 0 bridgehead atoms. The summed E-state index contributed by atoms with van der Waals surface area (Å²) < 4.78 is 76.6. The van der Waals surface area contributed by atoms with Crippen LogP contribution in [0, 0.1) is 5.21 Å². The van der Waals surface area contributed by atoms with E-state index >= 15 is 0 Å². The van der Waals surface area contributed by atoms with Crippen LogP contribution >= 0.6 is 11.6 Å². The van der Waals surface area contributed by atoms with Gasteiger partial charge in [0.15, 0.2) is 6.20 Å². The first-order valence-corrected chi connectivity index (χ1v) is 6.75. The van der Waals surface area contributed by atoms with Gasteiger partial charge in [0.2, 0.25) is 0 Å². The minimum Gasteiger partial charge on any atom is -0.618 e. The van der Waals surface area contributed by atoms with Crippen LogP contribution in [0.4, 0.5) is 32.0 Å². The van der Waals surface area contributed by atoms with Gasteiger partial charge in [-0.25, -0.2) is 0 Å².